The van der Waals surface area contributed by atoms with Gasteiger partial charge in [0.2, 0.25) is 5.69 Å². The summed E-state index contributed by atoms with van der Waals surface area (Å²) in [6.07, 6.45) is 2.86. The number of aromatic nitrogens is 1. The van der Waals surface area contributed by atoms with E-state index in [0.717, 1.165) is 56.5 Å². The number of benzene rings is 3. The highest BCUT2D eigenvalue weighted by atomic mass is 19.1. The van der Waals surface area contributed by atoms with Crippen LogP contribution in [0.2, 0.25) is 0 Å². The zero-order valence-corrected chi connectivity index (χ0v) is 17.4. The van der Waals surface area contributed by atoms with Gasteiger partial charge in [0.25, 0.3) is 0 Å². The summed E-state index contributed by atoms with van der Waals surface area (Å²) in [7, 11) is 2.02. The fourth-order valence-corrected chi connectivity index (χ4v) is 4.69. The zero-order valence-electron chi connectivity index (χ0n) is 17.4. The van der Waals surface area contributed by atoms with E-state index < -0.39 is 0 Å². The summed E-state index contributed by atoms with van der Waals surface area (Å²) in [5.41, 5.74) is 7.00. The topological polar surface area (TPSA) is 26.2 Å². The first-order valence-corrected chi connectivity index (χ1v) is 10.5. The average Bonchev–Trinajstić information content (AvgIpc) is 3.38. The standard InChI is InChI=1S/C27H21FNO2/c1-16-6-8-19-20-9-10-21(28)25(18-7-11-23-17(15-18)12-14-30-23)27(20)31-26(19)24(16)22-5-3-4-13-29(22)2/h3-11,13,15H,12,14H2,1-2H3/q+1. The van der Waals surface area contributed by atoms with E-state index >= 15 is 4.39 Å². The molecule has 0 spiro atoms. The number of aryl methyl sites for hydroxylation is 2. The quantitative estimate of drug-likeness (QED) is 0.327. The monoisotopic (exact) mass is 410 g/mol. The molecule has 0 saturated heterocycles. The van der Waals surface area contributed by atoms with E-state index in [1.165, 1.54) is 0 Å². The van der Waals surface area contributed by atoms with Crippen LogP contribution in [0.4, 0.5) is 4.39 Å². The third-order valence-corrected chi connectivity index (χ3v) is 6.26. The summed E-state index contributed by atoms with van der Waals surface area (Å²) in [6.45, 7) is 2.75. The Kier molecular flexibility index (Phi) is 3.90. The lowest BCUT2D eigenvalue weighted by Gasteiger charge is -2.07. The van der Waals surface area contributed by atoms with Crippen LogP contribution in [0.3, 0.4) is 0 Å². The molecule has 6 rings (SSSR count). The van der Waals surface area contributed by atoms with Gasteiger partial charge in [-0.3, -0.25) is 0 Å². The van der Waals surface area contributed by atoms with Crippen LogP contribution in [0.15, 0.2) is 71.3 Å². The first-order chi connectivity index (χ1) is 15.1. The molecule has 152 valence electrons. The van der Waals surface area contributed by atoms with Gasteiger partial charge in [-0.15, -0.1) is 0 Å². The number of furan rings is 1. The summed E-state index contributed by atoms with van der Waals surface area (Å²) >= 11 is 0. The lowest BCUT2D eigenvalue weighted by molar-refractivity contribution is -0.660. The van der Waals surface area contributed by atoms with Gasteiger partial charge < -0.3 is 9.15 Å². The summed E-state index contributed by atoms with van der Waals surface area (Å²) in [6, 6.07) is 19.5. The van der Waals surface area contributed by atoms with Gasteiger partial charge in [0, 0.05) is 29.3 Å². The molecule has 1 aliphatic heterocycles. The van der Waals surface area contributed by atoms with Gasteiger partial charge in [-0.1, -0.05) is 18.2 Å². The molecule has 0 aliphatic carbocycles. The number of fused-ring (bicyclic) bond motifs is 4. The van der Waals surface area contributed by atoms with Gasteiger partial charge in [0.05, 0.1) is 17.7 Å². The van der Waals surface area contributed by atoms with Crippen molar-refractivity contribution in [2.45, 2.75) is 13.3 Å². The Hall–Kier alpha value is -3.66. The van der Waals surface area contributed by atoms with Crippen molar-refractivity contribution < 1.29 is 18.1 Å². The van der Waals surface area contributed by atoms with E-state index in [1.54, 1.807) is 6.07 Å². The van der Waals surface area contributed by atoms with E-state index in [4.69, 9.17) is 9.15 Å². The van der Waals surface area contributed by atoms with Crippen LogP contribution < -0.4 is 9.30 Å². The lowest BCUT2D eigenvalue weighted by atomic mass is 9.97. The second-order valence-corrected chi connectivity index (χ2v) is 8.15. The molecule has 0 radical (unpaired) electrons. The first kappa shape index (κ1) is 18.1. The molecule has 2 aromatic heterocycles. The highest BCUT2D eigenvalue weighted by Gasteiger charge is 2.23. The minimum absolute atomic E-state index is 0.283. The molecular formula is C27H21FNO2+. The second-order valence-electron chi connectivity index (χ2n) is 8.15. The van der Waals surface area contributed by atoms with Crippen molar-refractivity contribution >= 4 is 21.9 Å². The van der Waals surface area contributed by atoms with Crippen molar-refractivity contribution in [3.8, 4) is 28.1 Å². The molecule has 31 heavy (non-hydrogen) atoms. The molecule has 0 atom stereocenters. The molecule has 0 amide bonds. The molecule has 1 aliphatic rings. The number of pyridine rings is 1. The predicted octanol–water partition coefficient (Wildman–Crippen LogP) is 6.13. The van der Waals surface area contributed by atoms with Crippen LogP contribution in [0.25, 0.3) is 44.3 Å². The highest BCUT2D eigenvalue weighted by molar-refractivity contribution is 6.13. The van der Waals surface area contributed by atoms with Crippen molar-refractivity contribution in [3.63, 3.8) is 0 Å². The highest BCUT2D eigenvalue weighted by Crippen LogP contribution is 2.42. The Morgan fingerprint density at radius 1 is 0.903 bits per heavy atom. The van der Waals surface area contributed by atoms with E-state index in [2.05, 4.69) is 29.7 Å². The molecule has 0 unspecified atom stereocenters. The lowest BCUT2D eigenvalue weighted by Crippen LogP contribution is -2.30. The Labute approximate surface area is 179 Å². The van der Waals surface area contributed by atoms with Gasteiger partial charge in [0.15, 0.2) is 6.20 Å². The van der Waals surface area contributed by atoms with Crippen molar-refractivity contribution in [1.82, 2.24) is 0 Å². The molecule has 0 fully saturated rings. The second kappa shape index (κ2) is 6.67. The maximum absolute atomic E-state index is 15.2. The molecule has 5 aromatic rings. The Balaban J connectivity index is 1.68. The van der Waals surface area contributed by atoms with Crippen LogP contribution in [-0.2, 0) is 13.5 Å². The maximum Gasteiger partial charge on any atom is 0.216 e. The van der Waals surface area contributed by atoms with Crippen LogP contribution >= 0.6 is 0 Å². The smallest absolute Gasteiger partial charge is 0.216 e. The van der Waals surface area contributed by atoms with Crippen molar-refractivity contribution in [2.24, 2.45) is 7.05 Å². The number of hydrogen-bond donors (Lipinski definition) is 0. The van der Waals surface area contributed by atoms with E-state index in [-0.39, 0.29) is 5.82 Å². The molecule has 3 heterocycles. The molecule has 4 heteroatoms. The Morgan fingerprint density at radius 2 is 1.71 bits per heavy atom. The van der Waals surface area contributed by atoms with Crippen molar-refractivity contribution in [1.29, 1.82) is 0 Å². The molecule has 0 bridgehead atoms. The normalized spacial score (nSPS) is 13.0. The third kappa shape index (κ3) is 2.68. The Bertz CT molecular complexity index is 1500. The zero-order chi connectivity index (χ0) is 21.1. The number of hydrogen-bond acceptors (Lipinski definition) is 2. The largest absolute Gasteiger partial charge is 0.493 e. The first-order valence-electron chi connectivity index (χ1n) is 10.5. The molecule has 3 aromatic carbocycles. The van der Waals surface area contributed by atoms with Crippen LogP contribution in [-0.4, -0.2) is 6.61 Å². The van der Waals surface area contributed by atoms with Crippen LogP contribution in [0.5, 0.6) is 5.75 Å². The number of nitrogens with zero attached hydrogens (tertiary/aromatic N) is 1. The SMILES string of the molecule is Cc1ccc2c(oc3c(-c4ccc5c(c4)CCO5)c(F)ccc32)c1-c1cccc[n+]1C. The van der Waals surface area contributed by atoms with Crippen molar-refractivity contribution in [3.05, 3.63) is 83.8 Å². The van der Waals surface area contributed by atoms with Gasteiger partial charge >= 0.3 is 0 Å². The fraction of sp³-hybridized carbons (Fsp3) is 0.148. The Morgan fingerprint density at radius 3 is 2.55 bits per heavy atom. The predicted molar refractivity (Wildman–Crippen MR) is 120 cm³/mol. The minimum atomic E-state index is -0.283. The van der Waals surface area contributed by atoms with Gasteiger partial charge in [-0.2, -0.15) is 0 Å². The molecule has 0 N–H and O–H groups in total. The fourth-order valence-electron chi connectivity index (χ4n) is 4.69. The minimum Gasteiger partial charge on any atom is -0.493 e. The van der Waals surface area contributed by atoms with E-state index in [1.807, 2.05) is 49.6 Å². The summed E-state index contributed by atoms with van der Waals surface area (Å²) < 4.78 is 29.3. The summed E-state index contributed by atoms with van der Waals surface area (Å²) in [4.78, 5) is 0. The molecule has 0 saturated carbocycles. The summed E-state index contributed by atoms with van der Waals surface area (Å²) in [5.74, 6) is 0.601. The van der Waals surface area contributed by atoms with E-state index in [9.17, 15) is 0 Å². The third-order valence-electron chi connectivity index (χ3n) is 6.26. The van der Waals surface area contributed by atoms with Gasteiger partial charge in [-0.25, -0.2) is 8.96 Å². The van der Waals surface area contributed by atoms with Gasteiger partial charge in [-0.05, 0) is 53.9 Å². The van der Waals surface area contributed by atoms with E-state index in [0.29, 0.717) is 17.8 Å². The van der Waals surface area contributed by atoms with Crippen LogP contribution in [0.1, 0.15) is 11.1 Å². The maximum atomic E-state index is 15.2. The number of rotatable bonds is 2. The molecular weight excluding hydrogens is 389 g/mol. The van der Waals surface area contributed by atoms with Gasteiger partial charge in [0.1, 0.15) is 29.8 Å². The average molecular weight is 410 g/mol. The summed E-state index contributed by atoms with van der Waals surface area (Å²) in [5, 5.41) is 1.91. The number of halogens is 1. The molecule has 3 nitrogen and oxygen atoms in total. The van der Waals surface area contributed by atoms with Crippen molar-refractivity contribution in [2.75, 3.05) is 6.61 Å². The van der Waals surface area contributed by atoms with Crippen LogP contribution in [0, 0.1) is 12.7 Å². The number of ether oxygens (including phenoxy) is 1.